The van der Waals surface area contributed by atoms with E-state index in [0.717, 1.165) is 64.2 Å². The highest BCUT2D eigenvalue weighted by molar-refractivity contribution is 5.82. The summed E-state index contributed by atoms with van der Waals surface area (Å²) >= 11 is 0. The van der Waals surface area contributed by atoms with Gasteiger partial charge in [0.25, 0.3) is 0 Å². The summed E-state index contributed by atoms with van der Waals surface area (Å²) in [6.07, 6.45) is 11.4. The molecule has 0 saturated heterocycles. The predicted molar refractivity (Wildman–Crippen MR) is 163 cm³/mol. The highest BCUT2D eigenvalue weighted by Gasteiger charge is 2.69. The summed E-state index contributed by atoms with van der Waals surface area (Å²) in [5.41, 5.74) is -0.167. The zero-order valence-corrected chi connectivity index (χ0v) is 27.7. The van der Waals surface area contributed by atoms with Crippen LogP contribution in [0, 0.1) is 55.7 Å². The maximum Gasteiger partial charge on any atom is 0.312 e. The van der Waals surface area contributed by atoms with E-state index >= 15 is 0 Å². The van der Waals surface area contributed by atoms with E-state index in [9.17, 15) is 24.6 Å². The molecule has 0 unspecified atom stereocenters. The van der Waals surface area contributed by atoms with Gasteiger partial charge in [0.05, 0.1) is 17.3 Å². The van der Waals surface area contributed by atoms with Gasteiger partial charge in [0.1, 0.15) is 6.10 Å². The number of carbonyl (C=O) groups excluding carboxylic acids is 1. The monoisotopic (exact) mass is 584 g/mol. The minimum atomic E-state index is -1.06. The summed E-state index contributed by atoms with van der Waals surface area (Å²) in [6, 6.07) is 0. The normalized spacial score (nSPS) is 43.9. The van der Waals surface area contributed by atoms with E-state index in [2.05, 4.69) is 54.5 Å². The highest BCUT2D eigenvalue weighted by atomic mass is 16.5. The molecular formula is C36H56O6. The Hall–Kier alpha value is -1.85. The van der Waals surface area contributed by atoms with Gasteiger partial charge >= 0.3 is 17.9 Å². The van der Waals surface area contributed by atoms with Crippen LogP contribution in [-0.2, 0) is 19.1 Å². The van der Waals surface area contributed by atoms with Crippen LogP contribution in [0.25, 0.3) is 0 Å². The Balaban J connectivity index is 1.46. The van der Waals surface area contributed by atoms with Crippen molar-refractivity contribution in [2.45, 2.75) is 139 Å². The van der Waals surface area contributed by atoms with Gasteiger partial charge in [-0.2, -0.15) is 0 Å². The number of hydrogen-bond acceptors (Lipinski definition) is 4. The zero-order chi connectivity index (χ0) is 31.3. The van der Waals surface area contributed by atoms with Gasteiger partial charge < -0.3 is 14.9 Å². The topological polar surface area (TPSA) is 101 Å². The summed E-state index contributed by atoms with van der Waals surface area (Å²) < 4.78 is 6.18. The molecule has 0 spiro atoms. The van der Waals surface area contributed by atoms with Gasteiger partial charge in [-0.25, -0.2) is 0 Å². The fraction of sp³-hybridized carbons (Fsp3) is 0.861. The summed E-state index contributed by atoms with van der Waals surface area (Å²) in [5, 5.41) is 19.9. The molecule has 0 aromatic heterocycles. The molecular weight excluding hydrogens is 528 g/mol. The number of fused-ring (bicyclic) bond motifs is 7. The van der Waals surface area contributed by atoms with Crippen molar-refractivity contribution >= 4 is 17.9 Å². The minimum absolute atomic E-state index is 0.0186. The first-order valence-corrected chi connectivity index (χ1v) is 16.5. The van der Waals surface area contributed by atoms with Crippen molar-refractivity contribution in [1.82, 2.24) is 0 Å². The molecule has 0 aromatic rings. The highest BCUT2D eigenvalue weighted by Crippen LogP contribution is 2.75. The Kier molecular flexibility index (Phi) is 7.20. The summed E-state index contributed by atoms with van der Waals surface area (Å²) in [6.45, 7) is 20.0. The fourth-order valence-corrected chi connectivity index (χ4v) is 11.6. The molecule has 0 aliphatic heterocycles. The molecule has 5 rings (SSSR count). The van der Waals surface area contributed by atoms with Crippen molar-refractivity contribution in [3.05, 3.63) is 11.6 Å². The number of esters is 1. The van der Waals surface area contributed by atoms with Gasteiger partial charge in [-0.1, -0.05) is 60.1 Å². The SMILES string of the molecule is CC1(C)CC[C@]2(C(=O)O)CC[C@]3(C)C(=CC[C@@H]4[C@@]5(C)CC[C@H](OC(=O)C(C)(C)CC(=O)O)C(C)(C)[C@@H]5CC[C@]43C)[C@@H]2C1. The van der Waals surface area contributed by atoms with Crippen LogP contribution >= 0.6 is 0 Å². The first-order chi connectivity index (χ1) is 19.2. The molecule has 2 N–H and O–H groups in total. The van der Waals surface area contributed by atoms with E-state index in [-0.39, 0.29) is 45.5 Å². The summed E-state index contributed by atoms with van der Waals surface area (Å²) in [5.74, 6) is -1.02. The van der Waals surface area contributed by atoms with E-state index in [1.807, 2.05) is 0 Å². The smallest absolute Gasteiger partial charge is 0.312 e. The van der Waals surface area contributed by atoms with E-state index in [1.165, 1.54) is 5.57 Å². The number of aliphatic carboxylic acids is 2. The van der Waals surface area contributed by atoms with E-state index in [0.29, 0.717) is 11.8 Å². The first-order valence-electron chi connectivity index (χ1n) is 16.5. The molecule has 0 radical (unpaired) electrons. The van der Waals surface area contributed by atoms with Crippen LogP contribution in [-0.4, -0.2) is 34.2 Å². The standard InChI is InChI=1S/C36H56O6/c1-30(2)16-18-36(28(39)40)19-17-34(8)22(23(36)20-30)10-11-25-33(7)14-13-26(42-29(41)31(3,4)21-27(37)38)32(5,6)24(33)12-15-35(25,34)9/h10,23-26H,11-21H2,1-9H3,(H,37,38)(H,39,40)/t23-,24-,25+,26-,33-,34+,35+,36-/m0/s1. The molecule has 8 atom stereocenters. The maximum absolute atomic E-state index is 13.2. The maximum atomic E-state index is 13.2. The van der Waals surface area contributed by atoms with Crippen LogP contribution in [0.3, 0.4) is 0 Å². The number of carbonyl (C=O) groups is 3. The van der Waals surface area contributed by atoms with Gasteiger partial charge in [-0.05, 0) is 117 Å². The molecule has 5 aliphatic rings. The molecule has 236 valence electrons. The molecule has 6 heteroatoms. The second-order valence-electron chi connectivity index (χ2n) is 17.9. The van der Waals surface area contributed by atoms with Crippen molar-refractivity contribution in [3.63, 3.8) is 0 Å². The summed E-state index contributed by atoms with van der Waals surface area (Å²) in [4.78, 5) is 37.5. The van der Waals surface area contributed by atoms with Gasteiger partial charge in [-0.3, -0.25) is 14.4 Å². The lowest BCUT2D eigenvalue weighted by Gasteiger charge is -2.71. The molecule has 4 saturated carbocycles. The molecule has 0 aromatic carbocycles. The lowest BCUT2D eigenvalue weighted by molar-refractivity contribution is -0.217. The molecule has 0 bridgehead atoms. The van der Waals surface area contributed by atoms with Crippen molar-refractivity contribution in [2.24, 2.45) is 55.7 Å². The third kappa shape index (κ3) is 4.34. The Morgan fingerprint density at radius 1 is 0.881 bits per heavy atom. The van der Waals surface area contributed by atoms with Crippen LogP contribution in [0.5, 0.6) is 0 Å². The van der Waals surface area contributed by atoms with Crippen molar-refractivity contribution < 1.29 is 29.3 Å². The van der Waals surface area contributed by atoms with Crippen LogP contribution in [0.1, 0.15) is 133 Å². The largest absolute Gasteiger partial charge is 0.481 e. The third-order valence-corrected chi connectivity index (χ3v) is 14.4. The molecule has 0 amide bonds. The van der Waals surface area contributed by atoms with E-state index < -0.39 is 28.7 Å². The molecule has 4 fully saturated rings. The van der Waals surface area contributed by atoms with Crippen molar-refractivity contribution in [1.29, 1.82) is 0 Å². The number of carboxylic acids is 2. The van der Waals surface area contributed by atoms with Crippen molar-refractivity contribution in [2.75, 3.05) is 0 Å². The van der Waals surface area contributed by atoms with Gasteiger partial charge in [0.2, 0.25) is 0 Å². The zero-order valence-electron chi connectivity index (χ0n) is 27.7. The Morgan fingerprint density at radius 3 is 2.14 bits per heavy atom. The average molecular weight is 585 g/mol. The number of rotatable bonds is 5. The minimum Gasteiger partial charge on any atom is -0.481 e. The Bertz CT molecular complexity index is 1200. The van der Waals surface area contributed by atoms with Crippen LogP contribution in [0.15, 0.2) is 11.6 Å². The van der Waals surface area contributed by atoms with Crippen LogP contribution in [0.2, 0.25) is 0 Å². The van der Waals surface area contributed by atoms with E-state index in [1.54, 1.807) is 13.8 Å². The fourth-order valence-electron chi connectivity index (χ4n) is 11.6. The number of hydrogen-bond donors (Lipinski definition) is 2. The molecule has 6 nitrogen and oxygen atoms in total. The third-order valence-electron chi connectivity index (χ3n) is 14.4. The Labute approximate surface area is 253 Å². The lowest BCUT2D eigenvalue weighted by atomic mass is 9.33. The number of carboxylic acid groups (broad SMARTS) is 2. The summed E-state index contributed by atoms with van der Waals surface area (Å²) in [7, 11) is 0. The van der Waals surface area contributed by atoms with Gasteiger partial charge in [0, 0.05) is 5.41 Å². The predicted octanol–water partition coefficient (Wildman–Crippen LogP) is 8.29. The first kappa shape index (κ1) is 31.6. The molecule has 42 heavy (non-hydrogen) atoms. The second kappa shape index (κ2) is 9.57. The number of allylic oxidation sites excluding steroid dienone is 2. The van der Waals surface area contributed by atoms with Crippen molar-refractivity contribution in [3.8, 4) is 0 Å². The lowest BCUT2D eigenvalue weighted by Crippen LogP contribution is -2.65. The quantitative estimate of drug-likeness (QED) is 0.249. The number of ether oxygens (including phenoxy) is 1. The van der Waals surface area contributed by atoms with Gasteiger partial charge in [0.15, 0.2) is 0 Å². The molecule has 0 heterocycles. The Morgan fingerprint density at radius 2 is 1.52 bits per heavy atom. The van der Waals surface area contributed by atoms with Crippen LogP contribution in [0.4, 0.5) is 0 Å². The van der Waals surface area contributed by atoms with Gasteiger partial charge in [-0.15, -0.1) is 0 Å². The second-order valence-corrected chi connectivity index (χ2v) is 17.9. The molecule has 5 aliphatic carbocycles. The average Bonchev–Trinajstić information content (AvgIpc) is 2.84. The van der Waals surface area contributed by atoms with Crippen LogP contribution < -0.4 is 0 Å². The van der Waals surface area contributed by atoms with E-state index in [4.69, 9.17) is 4.74 Å².